The van der Waals surface area contributed by atoms with Crippen molar-refractivity contribution in [1.29, 1.82) is 0 Å². The summed E-state index contributed by atoms with van der Waals surface area (Å²) in [7, 11) is -1.60. The highest BCUT2D eigenvalue weighted by atomic mass is 32.2. The number of piperidine rings is 1. The number of imidazole rings is 1. The Bertz CT molecular complexity index is 1090. The molecule has 0 radical (unpaired) electrons. The third-order valence-corrected chi connectivity index (χ3v) is 8.38. The Balaban J connectivity index is 1.42. The highest BCUT2D eigenvalue weighted by Crippen LogP contribution is 2.26. The van der Waals surface area contributed by atoms with Crippen LogP contribution < -0.4 is 5.32 Å². The van der Waals surface area contributed by atoms with Gasteiger partial charge in [0.2, 0.25) is 5.91 Å². The summed E-state index contributed by atoms with van der Waals surface area (Å²) in [6.45, 7) is 0.988. The van der Waals surface area contributed by atoms with Gasteiger partial charge in [-0.25, -0.2) is 13.4 Å². The molecule has 148 valence electrons. The van der Waals surface area contributed by atoms with Crippen LogP contribution in [-0.4, -0.2) is 41.3 Å². The average Bonchev–Trinajstić information content (AvgIpc) is 3.36. The van der Waals surface area contributed by atoms with Crippen LogP contribution in [0.4, 0.5) is 0 Å². The van der Waals surface area contributed by atoms with Crippen LogP contribution in [0.3, 0.4) is 0 Å². The zero-order chi connectivity index (χ0) is 19.7. The third-order valence-electron chi connectivity index (χ3n) is 5.14. The number of carbonyl (C=O) groups is 1. The summed E-state index contributed by atoms with van der Waals surface area (Å²) in [5.41, 5.74) is 1.90. The van der Waals surface area contributed by atoms with Gasteiger partial charge in [-0.1, -0.05) is 18.2 Å². The van der Waals surface area contributed by atoms with Gasteiger partial charge in [-0.05, 0) is 36.4 Å². The van der Waals surface area contributed by atoms with Crippen LogP contribution in [0, 0.1) is 5.92 Å². The van der Waals surface area contributed by atoms with E-state index >= 15 is 0 Å². The fraction of sp³-hybridized carbons (Fsp3) is 0.368. The van der Waals surface area contributed by atoms with Crippen LogP contribution in [0.15, 0.2) is 46.0 Å². The van der Waals surface area contributed by atoms with Crippen molar-refractivity contribution in [3.63, 3.8) is 0 Å². The lowest BCUT2D eigenvalue weighted by atomic mass is 9.99. The Morgan fingerprint density at radius 1 is 1.29 bits per heavy atom. The van der Waals surface area contributed by atoms with Gasteiger partial charge in [0.15, 0.2) is 0 Å². The van der Waals surface area contributed by atoms with Crippen molar-refractivity contribution in [3.05, 3.63) is 47.6 Å². The molecule has 3 heterocycles. The van der Waals surface area contributed by atoms with Crippen molar-refractivity contribution >= 4 is 38.3 Å². The van der Waals surface area contributed by atoms with Gasteiger partial charge >= 0.3 is 0 Å². The first-order valence-corrected chi connectivity index (χ1v) is 11.5. The SMILES string of the molecule is Cn1c(CNC(=O)[C@@H]2CCCN(S(=O)(=O)c3cccs3)C2)nc2ccccc21. The molecule has 3 aromatic rings. The molecular formula is C19H22N4O3S2. The molecule has 1 aliphatic rings. The molecule has 4 rings (SSSR count). The van der Waals surface area contributed by atoms with Crippen molar-refractivity contribution in [3.8, 4) is 0 Å². The van der Waals surface area contributed by atoms with Gasteiger partial charge in [-0.2, -0.15) is 4.31 Å². The highest BCUT2D eigenvalue weighted by Gasteiger charge is 2.33. The first-order chi connectivity index (χ1) is 13.5. The third kappa shape index (κ3) is 3.57. The molecule has 7 nitrogen and oxygen atoms in total. The minimum atomic E-state index is -3.52. The second kappa shape index (κ2) is 7.65. The van der Waals surface area contributed by atoms with Crippen LogP contribution >= 0.6 is 11.3 Å². The van der Waals surface area contributed by atoms with Gasteiger partial charge in [0, 0.05) is 20.1 Å². The molecule has 1 aromatic carbocycles. The standard InChI is InChI=1S/C19H22N4O3S2/c1-22-16-8-3-2-7-15(16)21-17(22)12-20-19(24)14-6-4-10-23(13-14)28(25,26)18-9-5-11-27-18/h2-3,5,7-9,11,14H,4,6,10,12-13H2,1H3,(H,20,24)/t14-/m1/s1. The number of nitrogens with zero attached hydrogens (tertiary/aromatic N) is 3. The molecule has 1 aliphatic heterocycles. The second-order valence-electron chi connectivity index (χ2n) is 6.93. The number of hydrogen-bond acceptors (Lipinski definition) is 5. The summed E-state index contributed by atoms with van der Waals surface area (Å²) in [4.78, 5) is 17.3. The Kier molecular flexibility index (Phi) is 5.22. The van der Waals surface area contributed by atoms with Gasteiger partial charge in [-0.15, -0.1) is 11.3 Å². The monoisotopic (exact) mass is 418 g/mol. The van der Waals surface area contributed by atoms with E-state index in [0.29, 0.717) is 30.1 Å². The fourth-order valence-electron chi connectivity index (χ4n) is 3.58. The van der Waals surface area contributed by atoms with Gasteiger partial charge in [0.25, 0.3) is 10.0 Å². The smallest absolute Gasteiger partial charge is 0.252 e. The van der Waals surface area contributed by atoms with E-state index in [1.165, 1.54) is 15.6 Å². The maximum atomic E-state index is 12.7. The molecule has 1 fully saturated rings. The van der Waals surface area contributed by atoms with Crippen molar-refractivity contribution in [2.45, 2.75) is 23.6 Å². The van der Waals surface area contributed by atoms with Crippen LogP contribution in [-0.2, 0) is 28.4 Å². The lowest BCUT2D eigenvalue weighted by Gasteiger charge is -2.30. The number of carbonyl (C=O) groups excluding carboxylic acids is 1. The maximum Gasteiger partial charge on any atom is 0.252 e. The van der Waals surface area contributed by atoms with Crippen LogP contribution in [0.5, 0.6) is 0 Å². The maximum absolute atomic E-state index is 12.7. The molecular weight excluding hydrogens is 396 g/mol. The predicted octanol–water partition coefficient (Wildman–Crippen LogP) is 2.35. The summed E-state index contributed by atoms with van der Waals surface area (Å²) >= 11 is 1.20. The van der Waals surface area contributed by atoms with E-state index in [1.807, 2.05) is 35.9 Å². The highest BCUT2D eigenvalue weighted by molar-refractivity contribution is 7.91. The van der Waals surface area contributed by atoms with E-state index in [-0.39, 0.29) is 18.4 Å². The first-order valence-electron chi connectivity index (χ1n) is 9.18. The molecule has 9 heteroatoms. The molecule has 0 unspecified atom stereocenters. The molecule has 0 aliphatic carbocycles. The van der Waals surface area contributed by atoms with Gasteiger partial charge in [0.05, 0.1) is 23.5 Å². The van der Waals surface area contributed by atoms with E-state index in [0.717, 1.165) is 16.9 Å². The normalized spacial score (nSPS) is 18.4. The van der Waals surface area contributed by atoms with Crippen molar-refractivity contribution in [1.82, 2.24) is 19.2 Å². The molecule has 2 aromatic heterocycles. The number of rotatable bonds is 5. The van der Waals surface area contributed by atoms with E-state index in [2.05, 4.69) is 10.3 Å². The van der Waals surface area contributed by atoms with Crippen LogP contribution in [0.1, 0.15) is 18.7 Å². The predicted molar refractivity (Wildman–Crippen MR) is 108 cm³/mol. The van der Waals surface area contributed by atoms with Gasteiger partial charge < -0.3 is 9.88 Å². The Hall–Kier alpha value is -2.23. The molecule has 0 spiro atoms. The zero-order valence-corrected chi connectivity index (χ0v) is 17.2. The van der Waals surface area contributed by atoms with E-state index in [1.54, 1.807) is 17.5 Å². The van der Waals surface area contributed by atoms with Crippen LogP contribution in [0.2, 0.25) is 0 Å². The molecule has 1 N–H and O–H groups in total. The van der Waals surface area contributed by atoms with Gasteiger partial charge in [0.1, 0.15) is 10.0 Å². The summed E-state index contributed by atoms with van der Waals surface area (Å²) in [5.74, 6) is 0.296. The van der Waals surface area contributed by atoms with Crippen molar-refractivity contribution < 1.29 is 13.2 Å². The number of thiophene rings is 1. The fourth-order valence-corrected chi connectivity index (χ4v) is 6.24. The molecule has 0 bridgehead atoms. The quantitative estimate of drug-likeness (QED) is 0.689. The van der Waals surface area contributed by atoms with E-state index in [4.69, 9.17) is 0 Å². The summed E-state index contributed by atoms with van der Waals surface area (Å²) in [6, 6.07) is 11.1. The van der Waals surface area contributed by atoms with Crippen LogP contribution in [0.25, 0.3) is 11.0 Å². The summed E-state index contributed by atoms with van der Waals surface area (Å²) in [6.07, 6.45) is 1.36. The summed E-state index contributed by atoms with van der Waals surface area (Å²) in [5, 5.41) is 4.68. The number of nitrogens with one attached hydrogen (secondary N) is 1. The molecule has 1 amide bonds. The Morgan fingerprint density at radius 3 is 2.86 bits per heavy atom. The second-order valence-corrected chi connectivity index (χ2v) is 10.0. The topological polar surface area (TPSA) is 84.3 Å². The lowest BCUT2D eigenvalue weighted by molar-refractivity contribution is -0.126. The number of sulfonamides is 1. The van der Waals surface area contributed by atoms with Crippen molar-refractivity contribution in [2.75, 3.05) is 13.1 Å². The number of aryl methyl sites for hydroxylation is 1. The minimum Gasteiger partial charge on any atom is -0.349 e. The first kappa shape index (κ1) is 19.1. The van der Waals surface area contributed by atoms with E-state index in [9.17, 15) is 13.2 Å². The summed E-state index contributed by atoms with van der Waals surface area (Å²) < 4.78 is 29.2. The molecule has 1 saturated heterocycles. The largest absolute Gasteiger partial charge is 0.349 e. The number of aromatic nitrogens is 2. The number of benzene rings is 1. The number of amides is 1. The average molecular weight is 419 g/mol. The zero-order valence-electron chi connectivity index (χ0n) is 15.5. The van der Waals surface area contributed by atoms with E-state index < -0.39 is 10.0 Å². The van der Waals surface area contributed by atoms with Crippen molar-refractivity contribution in [2.24, 2.45) is 13.0 Å². The molecule has 1 atom stereocenters. The number of fused-ring (bicyclic) bond motifs is 1. The Labute approximate surface area is 168 Å². The Morgan fingerprint density at radius 2 is 2.11 bits per heavy atom. The minimum absolute atomic E-state index is 0.127. The number of hydrogen-bond donors (Lipinski definition) is 1. The molecule has 28 heavy (non-hydrogen) atoms. The number of para-hydroxylation sites is 2. The van der Waals surface area contributed by atoms with Gasteiger partial charge in [-0.3, -0.25) is 4.79 Å². The lowest BCUT2D eigenvalue weighted by Crippen LogP contribution is -2.45. The molecule has 0 saturated carbocycles.